The molecule has 0 saturated carbocycles. The van der Waals surface area contributed by atoms with Crippen LogP contribution in [0, 0.1) is 0 Å². The Balaban J connectivity index is 2.15. The van der Waals surface area contributed by atoms with E-state index < -0.39 is 0 Å². The highest BCUT2D eigenvalue weighted by Crippen LogP contribution is 2.14. The molecule has 2 heterocycles. The average Bonchev–Trinajstić information content (AvgIpc) is 2.97. The van der Waals surface area contributed by atoms with Gasteiger partial charge >= 0.3 is 0 Å². The Labute approximate surface area is 101 Å². The molecule has 17 heavy (non-hydrogen) atoms. The van der Waals surface area contributed by atoms with E-state index in [9.17, 15) is 0 Å². The molecule has 0 aliphatic carbocycles. The van der Waals surface area contributed by atoms with Gasteiger partial charge in [-0.1, -0.05) is 6.92 Å². The third-order valence-electron chi connectivity index (χ3n) is 2.86. The van der Waals surface area contributed by atoms with Crippen LogP contribution in [0.15, 0.2) is 22.7 Å². The van der Waals surface area contributed by atoms with Crippen LogP contribution >= 0.6 is 0 Å². The maximum absolute atomic E-state index is 5.51. The first-order chi connectivity index (χ1) is 8.24. The summed E-state index contributed by atoms with van der Waals surface area (Å²) in [6, 6.07) is 4.43. The Morgan fingerprint density at radius 2 is 2.18 bits per heavy atom. The number of aryl methyl sites for hydroxylation is 1. The number of hydrogen-bond acceptors (Lipinski definition) is 4. The Morgan fingerprint density at radius 1 is 1.41 bits per heavy atom. The lowest BCUT2D eigenvalue weighted by Gasteiger charge is -2.13. The first kappa shape index (κ1) is 11.9. The molecule has 5 heteroatoms. The predicted octanol–water partition coefficient (Wildman–Crippen LogP) is 1.76. The second kappa shape index (κ2) is 5.14. The number of nitrogens with zero attached hydrogens (tertiary/aromatic N) is 3. The van der Waals surface area contributed by atoms with Crippen LogP contribution in [-0.2, 0) is 13.0 Å². The Morgan fingerprint density at radius 3 is 2.82 bits per heavy atom. The standard InChI is InChI=1S/C12H18N4O/c1-4-11-14-15-12(17-11)8-16-7-5-6-10(16)9(2)13-3/h5-7,9,13H,4,8H2,1-3H3. The highest BCUT2D eigenvalue weighted by Gasteiger charge is 2.11. The monoisotopic (exact) mass is 234 g/mol. The van der Waals surface area contributed by atoms with Crippen molar-refractivity contribution in [2.24, 2.45) is 0 Å². The van der Waals surface area contributed by atoms with Crippen LogP contribution < -0.4 is 5.32 Å². The van der Waals surface area contributed by atoms with Crippen LogP contribution in [-0.4, -0.2) is 21.8 Å². The molecule has 1 unspecified atom stereocenters. The van der Waals surface area contributed by atoms with E-state index in [1.165, 1.54) is 5.69 Å². The maximum atomic E-state index is 5.51. The summed E-state index contributed by atoms with van der Waals surface area (Å²) in [6.07, 6.45) is 2.80. The minimum atomic E-state index is 0.304. The second-order valence-electron chi connectivity index (χ2n) is 4.01. The molecular weight excluding hydrogens is 216 g/mol. The van der Waals surface area contributed by atoms with Crippen molar-refractivity contribution < 1.29 is 4.42 Å². The van der Waals surface area contributed by atoms with Crippen molar-refractivity contribution in [2.75, 3.05) is 7.05 Å². The van der Waals surface area contributed by atoms with Gasteiger partial charge < -0.3 is 14.3 Å². The van der Waals surface area contributed by atoms with Gasteiger partial charge in [-0.25, -0.2) is 0 Å². The Bertz CT molecular complexity index is 474. The average molecular weight is 234 g/mol. The molecule has 2 aromatic rings. The molecule has 2 aromatic heterocycles. The van der Waals surface area contributed by atoms with Crippen LogP contribution in [0.25, 0.3) is 0 Å². The fourth-order valence-corrected chi connectivity index (χ4v) is 1.75. The van der Waals surface area contributed by atoms with Crippen molar-refractivity contribution >= 4 is 0 Å². The quantitative estimate of drug-likeness (QED) is 0.856. The minimum absolute atomic E-state index is 0.304. The molecule has 0 saturated heterocycles. The van der Waals surface area contributed by atoms with E-state index in [0.29, 0.717) is 24.4 Å². The number of hydrogen-bond donors (Lipinski definition) is 1. The third-order valence-corrected chi connectivity index (χ3v) is 2.86. The Hall–Kier alpha value is -1.62. The molecule has 0 aliphatic rings. The Kier molecular flexibility index (Phi) is 3.58. The summed E-state index contributed by atoms with van der Waals surface area (Å²) < 4.78 is 7.63. The van der Waals surface area contributed by atoms with Crippen molar-refractivity contribution in [1.29, 1.82) is 0 Å². The van der Waals surface area contributed by atoms with E-state index in [4.69, 9.17) is 4.42 Å². The first-order valence-corrected chi connectivity index (χ1v) is 5.88. The molecule has 0 spiro atoms. The van der Waals surface area contributed by atoms with Crippen molar-refractivity contribution in [3.05, 3.63) is 35.8 Å². The van der Waals surface area contributed by atoms with Crippen LogP contribution in [0.5, 0.6) is 0 Å². The van der Waals surface area contributed by atoms with E-state index in [0.717, 1.165) is 6.42 Å². The first-order valence-electron chi connectivity index (χ1n) is 5.88. The van der Waals surface area contributed by atoms with Gasteiger partial charge in [0.15, 0.2) is 0 Å². The second-order valence-corrected chi connectivity index (χ2v) is 4.01. The van der Waals surface area contributed by atoms with Gasteiger partial charge in [-0.3, -0.25) is 0 Å². The van der Waals surface area contributed by atoms with E-state index in [1.54, 1.807) is 0 Å². The summed E-state index contributed by atoms with van der Waals surface area (Å²) in [6.45, 7) is 4.75. The number of rotatable bonds is 5. The van der Waals surface area contributed by atoms with Gasteiger partial charge in [0.25, 0.3) is 0 Å². The van der Waals surface area contributed by atoms with Crippen LogP contribution in [0.1, 0.15) is 37.4 Å². The SMILES string of the molecule is CCc1nnc(Cn2cccc2C(C)NC)o1. The number of nitrogens with one attached hydrogen (secondary N) is 1. The lowest BCUT2D eigenvalue weighted by atomic mass is 10.2. The molecule has 0 amide bonds. The summed E-state index contributed by atoms with van der Waals surface area (Å²) in [5.74, 6) is 1.35. The van der Waals surface area contributed by atoms with E-state index >= 15 is 0 Å². The van der Waals surface area contributed by atoms with Gasteiger partial charge in [0, 0.05) is 24.4 Å². The lowest BCUT2D eigenvalue weighted by Crippen LogP contribution is -2.17. The zero-order valence-electron chi connectivity index (χ0n) is 10.5. The van der Waals surface area contributed by atoms with Crippen molar-refractivity contribution in [3.63, 3.8) is 0 Å². The normalized spacial score (nSPS) is 12.9. The van der Waals surface area contributed by atoms with Crippen molar-refractivity contribution in [1.82, 2.24) is 20.1 Å². The molecule has 0 aliphatic heterocycles. The van der Waals surface area contributed by atoms with E-state index in [-0.39, 0.29) is 0 Å². The zero-order chi connectivity index (χ0) is 12.3. The van der Waals surface area contributed by atoms with E-state index in [1.807, 2.05) is 26.2 Å². The summed E-state index contributed by atoms with van der Waals surface area (Å²) in [5, 5.41) is 11.2. The molecule has 0 aromatic carbocycles. The highest BCUT2D eigenvalue weighted by atomic mass is 16.4. The molecule has 1 N–H and O–H groups in total. The van der Waals surface area contributed by atoms with Crippen LogP contribution in [0.4, 0.5) is 0 Å². The molecule has 92 valence electrons. The summed E-state index contributed by atoms with van der Waals surface area (Å²) in [4.78, 5) is 0. The van der Waals surface area contributed by atoms with Crippen LogP contribution in [0.3, 0.4) is 0 Å². The summed E-state index contributed by atoms with van der Waals surface area (Å²) >= 11 is 0. The van der Waals surface area contributed by atoms with Gasteiger partial charge in [0.1, 0.15) is 6.54 Å². The molecule has 1 atom stereocenters. The molecule has 5 nitrogen and oxygen atoms in total. The van der Waals surface area contributed by atoms with Crippen molar-refractivity contribution in [3.8, 4) is 0 Å². The fraction of sp³-hybridized carbons (Fsp3) is 0.500. The van der Waals surface area contributed by atoms with Gasteiger partial charge in [0.2, 0.25) is 11.8 Å². The summed E-state index contributed by atoms with van der Waals surface area (Å²) in [5.41, 5.74) is 1.21. The van der Waals surface area contributed by atoms with Crippen molar-refractivity contribution in [2.45, 2.75) is 32.9 Å². The zero-order valence-corrected chi connectivity index (χ0v) is 10.5. The van der Waals surface area contributed by atoms with Gasteiger partial charge in [-0.15, -0.1) is 10.2 Å². The third kappa shape index (κ3) is 2.55. The molecule has 0 bridgehead atoms. The fourth-order valence-electron chi connectivity index (χ4n) is 1.75. The van der Waals surface area contributed by atoms with E-state index in [2.05, 4.69) is 33.1 Å². The summed E-state index contributed by atoms with van der Waals surface area (Å²) in [7, 11) is 1.95. The molecule has 0 radical (unpaired) electrons. The predicted molar refractivity (Wildman–Crippen MR) is 64.7 cm³/mol. The number of aromatic nitrogens is 3. The van der Waals surface area contributed by atoms with Gasteiger partial charge in [-0.05, 0) is 26.1 Å². The smallest absolute Gasteiger partial charge is 0.236 e. The van der Waals surface area contributed by atoms with Gasteiger partial charge in [-0.2, -0.15) is 0 Å². The van der Waals surface area contributed by atoms with Gasteiger partial charge in [0.05, 0.1) is 0 Å². The maximum Gasteiger partial charge on any atom is 0.236 e. The lowest BCUT2D eigenvalue weighted by molar-refractivity contribution is 0.436. The minimum Gasteiger partial charge on any atom is -0.423 e. The molecule has 2 rings (SSSR count). The van der Waals surface area contributed by atoms with Crippen LogP contribution in [0.2, 0.25) is 0 Å². The highest BCUT2D eigenvalue weighted by molar-refractivity contribution is 5.12. The molecule has 0 fully saturated rings. The topological polar surface area (TPSA) is 55.9 Å². The molecular formula is C12H18N4O. The largest absolute Gasteiger partial charge is 0.423 e.